The highest BCUT2D eigenvalue weighted by Crippen LogP contribution is 2.60. The van der Waals surface area contributed by atoms with E-state index in [2.05, 4.69) is 29.6 Å². The number of hydrogen-bond donors (Lipinski definition) is 1. The van der Waals surface area contributed by atoms with E-state index in [1.54, 1.807) is 6.07 Å². The number of imide groups is 1. The van der Waals surface area contributed by atoms with Crippen molar-refractivity contribution in [2.75, 3.05) is 18.5 Å². The van der Waals surface area contributed by atoms with Crippen LogP contribution in [-0.4, -0.2) is 41.7 Å². The zero-order valence-electron chi connectivity index (χ0n) is 22.5. The molecule has 0 unspecified atom stereocenters. The minimum absolute atomic E-state index is 0.0759. The lowest BCUT2D eigenvalue weighted by Crippen LogP contribution is -2.41. The zero-order valence-corrected chi connectivity index (χ0v) is 22.5. The first-order valence-corrected chi connectivity index (χ1v) is 14.0. The molecule has 4 aliphatic rings. The van der Waals surface area contributed by atoms with E-state index in [9.17, 15) is 19.2 Å². The molecule has 0 spiro atoms. The number of carbonyl (C=O) groups is 4. The summed E-state index contributed by atoms with van der Waals surface area (Å²) >= 11 is 0. The molecule has 3 aromatic carbocycles. The van der Waals surface area contributed by atoms with E-state index in [0.29, 0.717) is 31.5 Å². The molecule has 1 N–H and O–H groups in total. The first-order chi connectivity index (χ1) is 19.4. The van der Waals surface area contributed by atoms with Gasteiger partial charge in [-0.1, -0.05) is 67.1 Å². The molecular formula is C33H32N2O5. The average Bonchev–Trinajstić information content (AvgIpc) is 3.21. The second-order valence-electron chi connectivity index (χ2n) is 11.0. The third-order valence-electron chi connectivity index (χ3n) is 8.47. The number of hydrogen-bond acceptors (Lipinski definition) is 5. The molecule has 1 aliphatic heterocycles. The Morgan fingerprint density at radius 1 is 0.775 bits per heavy atom. The van der Waals surface area contributed by atoms with Gasteiger partial charge in [0.15, 0.2) is 6.61 Å². The monoisotopic (exact) mass is 536 g/mol. The van der Waals surface area contributed by atoms with Crippen LogP contribution in [0.4, 0.5) is 5.69 Å². The van der Waals surface area contributed by atoms with Gasteiger partial charge in [-0.3, -0.25) is 24.1 Å². The number of aryl methyl sites for hydroxylation is 1. The molecule has 2 atom stereocenters. The summed E-state index contributed by atoms with van der Waals surface area (Å²) in [5.74, 6) is -1.88. The lowest BCUT2D eigenvalue weighted by molar-refractivity contribution is -0.147. The minimum Gasteiger partial charge on any atom is -0.456 e. The molecule has 3 aromatic rings. The van der Waals surface area contributed by atoms with E-state index >= 15 is 0 Å². The topological polar surface area (TPSA) is 92.8 Å². The Morgan fingerprint density at radius 2 is 1.35 bits per heavy atom. The number of unbranched alkanes of at least 4 members (excludes halogenated alkanes) is 2. The summed E-state index contributed by atoms with van der Waals surface area (Å²) in [5.41, 5.74) is 6.35. The Kier molecular flexibility index (Phi) is 6.96. The summed E-state index contributed by atoms with van der Waals surface area (Å²) < 4.78 is 5.11. The van der Waals surface area contributed by atoms with Crippen molar-refractivity contribution in [3.8, 4) is 0 Å². The predicted octanol–water partition coefficient (Wildman–Crippen LogP) is 4.93. The van der Waals surface area contributed by atoms with Crippen molar-refractivity contribution in [3.05, 3.63) is 101 Å². The lowest BCUT2D eigenvalue weighted by Gasteiger charge is -2.45. The van der Waals surface area contributed by atoms with Crippen LogP contribution in [0, 0.1) is 18.8 Å². The van der Waals surface area contributed by atoms with E-state index in [-0.39, 0.29) is 54.4 Å². The SMILES string of the molecule is Cc1cccc(NC(=O)COC(=O)CCCCCN2C(=O)[C@@H]3C4c5ccccc5C(c5ccccc54)[C@@H]3C2=O)c1. The van der Waals surface area contributed by atoms with Gasteiger partial charge in [-0.25, -0.2) is 0 Å². The third kappa shape index (κ3) is 4.59. The van der Waals surface area contributed by atoms with Crippen LogP contribution in [0.3, 0.4) is 0 Å². The molecule has 0 saturated carbocycles. The number of carbonyl (C=O) groups excluding carboxylic acids is 4. The highest BCUT2D eigenvalue weighted by Gasteiger charge is 2.61. The average molecular weight is 537 g/mol. The molecule has 1 saturated heterocycles. The quantitative estimate of drug-likeness (QED) is 0.238. The van der Waals surface area contributed by atoms with Crippen LogP contribution in [0.2, 0.25) is 0 Å². The van der Waals surface area contributed by atoms with Crippen molar-refractivity contribution in [2.24, 2.45) is 11.8 Å². The molecule has 7 rings (SSSR count). The molecule has 0 aromatic heterocycles. The predicted molar refractivity (Wildman–Crippen MR) is 150 cm³/mol. The fraction of sp³-hybridized carbons (Fsp3) is 0.333. The van der Waals surface area contributed by atoms with Crippen LogP contribution in [0.1, 0.15) is 65.3 Å². The van der Waals surface area contributed by atoms with Crippen LogP contribution < -0.4 is 5.32 Å². The van der Waals surface area contributed by atoms with Crippen LogP contribution in [-0.2, 0) is 23.9 Å². The van der Waals surface area contributed by atoms with E-state index in [1.807, 2.05) is 49.4 Å². The normalized spacial score (nSPS) is 22.0. The van der Waals surface area contributed by atoms with Gasteiger partial charge in [0.05, 0.1) is 11.8 Å². The third-order valence-corrected chi connectivity index (χ3v) is 8.47. The number of likely N-dealkylation sites (tertiary alicyclic amines) is 1. The van der Waals surface area contributed by atoms with Crippen molar-refractivity contribution < 1.29 is 23.9 Å². The van der Waals surface area contributed by atoms with E-state index in [4.69, 9.17) is 4.74 Å². The fourth-order valence-electron chi connectivity index (χ4n) is 6.81. The smallest absolute Gasteiger partial charge is 0.306 e. The van der Waals surface area contributed by atoms with E-state index in [0.717, 1.165) is 5.56 Å². The Balaban J connectivity index is 1.00. The van der Waals surface area contributed by atoms with E-state index < -0.39 is 5.97 Å². The van der Waals surface area contributed by atoms with E-state index in [1.165, 1.54) is 27.2 Å². The molecule has 3 amide bonds. The van der Waals surface area contributed by atoms with Gasteiger partial charge in [0, 0.05) is 30.5 Å². The highest BCUT2D eigenvalue weighted by atomic mass is 16.5. The summed E-state index contributed by atoms with van der Waals surface area (Å²) in [6, 6.07) is 23.8. The maximum atomic E-state index is 13.6. The van der Waals surface area contributed by atoms with Crippen molar-refractivity contribution in [1.29, 1.82) is 0 Å². The molecule has 2 bridgehead atoms. The Morgan fingerprint density at radius 3 is 1.90 bits per heavy atom. The Labute approximate surface area is 233 Å². The molecule has 7 nitrogen and oxygen atoms in total. The summed E-state index contributed by atoms with van der Waals surface area (Å²) in [4.78, 5) is 52.9. The Bertz CT molecular complexity index is 1380. The minimum atomic E-state index is -0.439. The van der Waals surface area contributed by atoms with Crippen molar-refractivity contribution in [2.45, 2.75) is 44.4 Å². The van der Waals surface area contributed by atoms with Gasteiger partial charge in [-0.2, -0.15) is 0 Å². The fourth-order valence-corrected chi connectivity index (χ4v) is 6.81. The molecule has 7 heteroatoms. The van der Waals surface area contributed by atoms with Crippen molar-refractivity contribution in [1.82, 2.24) is 4.90 Å². The van der Waals surface area contributed by atoms with Crippen LogP contribution in [0.25, 0.3) is 0 Å². The van der Waals surface area contributed by atoms with Gasteiger partial charge in [-0.05, 0) is 59.7 Å². The number of nitrogens with zero attached hydrogens (tertiary/aromatic N) is 1. The molecular weight excluding hydrogens is 504 g/mol. The number of rotatable bonds is 9. The lowest BCUT2D eigenvalue weighted by atomic mass is 9.55. The number of nitrogens with one attached hydrogen (secondary N) is 1. The first-order valence-electron chi connectivity index (χ1n) is 14.0. The second-order valence-corrected chi connectivity index (χ2v) is 11.0. The summed E-state index contributed by atoms with van der Waals surface area (Å²) in [6.07, 6.45) is 2.03. The highest BCUT2D eigenvalue weighted by molar-refractivity contribution is 6.07. The van der Waals surface area contributed by atoms with Crippen LogP contribution in [0.5, 0.6) is 0 Å². The summed E-state index contributed by atoms with van der Waals surface area (Å²) in [5, 5.41) is 2.71. The molecule has 1 fully saturated rings. The Hall–Kier alpha value is -4.26. The number of benzene rings is 3. The molecule has 3 aliphatic carbocycles. The zero-order chi connectivity index (χ0) is 27.8. The van der Waals surface area contributed by atoms with Crippen LogP contribution in [0.15, 0.2) is 72.8 Å². The second kappa shape index (κ2) is 10.7. The van der Waals surface area contributed by atoms with Gasteiger partial charge in [0.1, 0.15) is 0 Å². The van der Waals surface area contributed by atoms with Crippen molar-refractivity contribution >= 4 is 29.4 Å². The number of amides is 3. The summed E-state index contributed by atoms with van der Waals surface area (Å²) in [6.45, 7) is 1.95. The maximum Gasteiger partial charge on any atom is 0.306 e. The van der Waals surface area contributed by atoms with Gasteiger partial charge in [-0.15, -0.1) is 0 Å². The van der Waals surface area contributed by atoms with Gasteiger partial charge in [0.25, 0.3) is 5.91 Å². The molecule has 0 radical (unpaired) electrons. The van der Waals surface area contributed by atoms with Crippen LogP contribution >= 0.6 is 0 Å². The van der Waals surface area contributed by atoms with Gasteiger partial charge in [0.2, 0.25) is 11.8 Å². The number of anilines is 1. The number of esters is 1. The summed E-state index contributed by atoms with van der Waals surface area (Å²) in [7, 11) is 0. The van der Waals surface area contributed by atoms with Crippen molar-refractivity contribution in [3.63, 3.8) is 0 Å². The maximum absolute atomic E-state index is 13.6. The first kappa shape index (κ1) is 26.0. The number of ether oxygens (including phenoxy) is 1. The van der Waals surface area contributed by atoms with Gasteiger partial charge >= 0.3 is 5.97 Å². The molecule has 40 heavy (non-hydrogen) atoms. The molecule has 1 heterocycles. The molecule has 204 valence electrons. The van der Waals surface area contributed by atoms with Gasteiger partial charge < -0.3 is 10.1 Å². The largest absolute Gasteiger partial charge is 0.456 e. The standard InChI is InChI=1S/C33H32N2O5/c1-20-10-9-11-21(18-20)34-26(36)19-40-27(37)16-3-2-8-17-35-32(38)30-28-22-12-4-5-13-23(22)29(31(30)33(35)39)25-15-7-6-14-24(25)28/h4-7,9-15,18,28-31H,2-3,8,16-17,19H2,1H3,(H,34,36)/t28?,29?,30-,31+.